The number of hydrogen-bond donors (Lipinski definition) is 1. The maximum atomic E-state index is 12.6. The molecule has 0 fully saturated rings. The molecule has 2 aromatic carbocycles. The highest BCUT2D eigenvalue weighted by molar-refractivity contribution is 6.05. The van der Waals surface area contributed by atoms with Gasteiger partial charge in [0.2, 0.25) is 6.79 Å². The quantitative estimate of drug-likeness (QED) is 0.765. The molecule has 1 amide bonds. The summed E-state index contributed by atoms with van der Waals surface area (Å²) in [6.45, 7) is 1.97. The monoisotopic (exact) mass is 363 g/mol. The molecule has 0 spiro atoms. The molecule has 4 rings (SSSR count). The third-order valence-corrected chi connectivity index (χ3v) is 4.20. The van der Waals surface area contributed by atoms with Crippen molar-refractivity contribution in [2.24, 2.45) is 0 Å². The van der Waals surface area contributed by atoms with E-state index in [-0.39, 0.29) is 12.7 Å². The minimum atomic E-state index is -0.285. The number of nitrogens with zero attached hydrogens (tertiary/aromatic N) is 2. The average molecular weight is 363 g/mol. The molecule has 1 N–H and O–H groups in total. The molecular weight excluding hydrogens is 346 g/mol. The molecule has 0 unspecified atom stereocenters. The van der Waals surface area contributed by atoms with Crippen molar-refractivity contribution in [1.29, 1.82) is 0 Å². The van der Waals surface area contributed by atoms with E-state index in [1.165, 1.54) is 6.20 Å². The zero-order chi connectivity index (χ0) is 18.8. The Morgan fingerprint density at radius 3 is 2.63 bits per heavy atom. The number of benzene rings is 2. The number of amides is 1. The van der Waals surface area contributed by atoms with Crippen LogP contribution in [0.1, 0.15) is 16.1 Å². The third kappa shape index (κ3) is 3.39. The maximum absolute atomic E-state index is 12.6. The highest BCUT2D eigenvalue weighted by atomic mass is 16.7. The Morgan fingerprint density at radius 1 is 1.11 bits per heavy atom. The summed E-state index contributed by atoms with van der Waals surface area (Å²) in [7, 11) is 1.61. The van der Waals surface area contributed by atoms with Gasteiger partial charge in [-0.2, -0.15) is 0 Å². The smallest absolute Gasteiger partial charge is 0.259 e. The zero-order valence-electron chi connectivity index (χ0n) is 14.9. The van der Waals surface area contributed by atoms with E-state index in [4.69, 9.17) is 14.2 Å². The lowest BCUT2D eigenvalue weighted by Crippen LogP contribution is -2.15. The van der Waals surface area contributed by atoms with E-state index in [1.54, 1.807) is 32.2 Å². The maximum Gasteiger partial charge on any atom is 0.259 e. The van der Waals surface area contributed by atoms with E-state index >= 15 is 0 Å². The summed E-state index contributed by atoms with van der Waals surface area (Å²) >= 11 is 0. The predicted molar refractivity (Wildman–Crippen MR) is 99.3 cm³/mol. The molecule has 0 aliphatic carbocycles. The fourth-order valence-electron chi connectivity index (χ4n) is 2.74. The Hall–Kier alpha value is -3.61. The van der Waals surface area contributed by atoms with Crippen LogP contribution in [0, 0.1) is 6.92 Å². The zero-order valence-corrected chi connectivity index (χ0v) is 14.9. The molecule has 7 heteroatoms. The first-order valence-electron chi connectivity index (χ1n) is 8.33. The number of rotatable bonds is 4. The molecule has 3 aromatic rings. The van der Waals surface area contributed by atoms with Crippen LogP contribution >= 0.6 is 0 Å². The van der Waals surface area contributed by atoms with Crippen molar-refractivity contribution in [1.82, 2.24) is 9.97 Å². The van der Waals surface area contributed by atoms with Crippen molar-refractivity contribution in [3.8, 4) is 28.6 Å². The molecular formula is C20H17N3O4. The van der Waals surface area contributed by atoms with Crippen LogP contribution in [0.4, 0.5) is 5.69 Å². The van der Waals surface area contributed by atoms with E-state index in [0.717, 1.165) is 11.3 Å². The van der Waals surface area contributed by atoms with Crippen LogP contribution in [0.3, 0.4) is 0 Å². The second-order valence-corrected chi connectivity index (χ2v) is 5.94. The fourth-order valence-corrected chi connectivity index (χ4v) is 2.74. The molecule has 27 heavy (non-hydrogen) atoms. The lowest BCUT2D eigenvalue weighted by atomic mass is 10.1. The molecule has 1 aromatic heterocycles. The number of carbonyl (C=O) groups excluding carboxylic acids is 1. The number of carbonyl (C=O) groups is 1. The molecule has 1 aliphatic heterocycles. The summed E-state index contributed by atoms with van der Waals surface area (Å²) < 4.78 is 15.7. The molecule has 0 saturated heterocycles. The van der Waals surface area contributed by atoms with Gasteiger partial charge in [-0.1, -0.05) is 0 Å². The van der Waals surface area contributed by atoms with Crippen LogP contribution in [-0.2, 0) is 0 Å². The molecule has 0 saturated carbocycles. The number of aromatic nitrogens is 2. The second-order valence-electron chi connectivity index (χ2n) is 5.94. The Bertz CT molecular complexity index is 1000. The van der Waals surface area contributed by atoms with Crippen molar-refractivity contribution in [2.75, 3.05) is 19.2 Å². The normalized spacial score (nSPS) is 11.9. The molecule has 0 atom stereocenters. The standard InChI is InChI=1S/C20H17N3O4/c1-12-16(10-21-19(22-12)13-3-6-15(25-2)7-4-13)20(24)23-14-5-8-17-18(9-14)27-11-26-17/h3-10H,11H2,1-2H3,(H,23,24). The van der Waals surface area contributed by atoms with E-state index < -0.39 is 0 Å². The Labute approximate surface area is 155 Å². The van der Waals surface area contributed by atoms with Gasteiger partial charge < -0.3 is 19.5 Å². The SMILES string of the molecule is COc1ccc(-c2ncc(C(=O)Nc3ccc4c(c3)OCO4)c(C)n2)cc1. The number of fused-ring (bicyclic) bond motifs is 1. The highest BCUT2D eigenvalue weighted by Gasteiger charge is 2.16. The topological polar surface area (TPSA) is 82.6 Å². The van der Waals surface area contributed by atoms with Crippen molar-refractivity contribution >= 4 is 11.6 Å². The van der Waals surface area contributed by atoms with Crippen LogP contribution in [0.5, 0.6) is 17.2 Å². The van der Waals surface area contributed by atoms with Crippen LogP contribution < -0.4 is 19.5 Å². The summed E-state index contributed by atoms with van der Waals surface area (Å²) in [6, 6.07) is 12.7. The molecule has 2 heterocycles. The third-order valence-electron chi connectivity index (χ3n) is 4.20. The van der Waals surface area contributed by atoms with Gasteiger partial charge in [-0.05, 0) is 43.3 Å². The first-order valence-corrected chi connectivity index (χ1v) is 8.33. The molecule has 0 bridgehead atoms. The van der Waals surface area contributed by atoms with Crippen molar-refractivity contribution in [3.63, 3.8) is 0 Å². The second kappa shape index (κ2) is 6.95. The Balaban J connectivity index is 1.54. The van der Waals surface area contributed by atoms with Gasteiger partial charge in [0.15, 0.2) is 17.3 Å². The minimum absolute atomic E-state index is 0.187. The van der Waals surface area contributed by atoms with Crippen LogP contribution in [0.25, 0.3) is 11.4 Å². The van der Waals surface area contributed by atoms with E-state index in [2.05, 4.69) is 15.3 Å². The number of anilines is 1. The Morgan fingerprint density at radius 2 is 1.89 bits per heavy atom. The highest BCUT2D eigenvalue weighted by Crippen LogP contribution is 2.34. The molecule has 136 valence electrons. The lowest BCUT2D eigenvalue weighted by Gasteiger charge is -2.09. The number of ether oxygens (including phenoxy) is 3. The summed E-state index contributed by atoms with van der Waals surface area (Å²) in [5.74, 6) is 2.30. The van der Waals surface area contributed by atoms with Crippen molar-refractivity contribution in [3.05, 3.63) is 59.9 Å². The number of aryl methyl sites for hydroxylation is 1. The summed E-state index contributed by atoms with van der Waals surface area (Å²) in [6.07, 6.45) is 1.53. The predicted octanol–water partition coefficient (Wildman–Crippen LogP) is 3.44. The first-order chi connectivity index (χ1) is 13.1. The summed E-state index contributed by atoms with van der Waals surface area (Å²) in [5, 5.41) is 2.83. The van der Waals surface area contributed by atoms with Crippen molar-refractivity contribution in [2.45, 2.75) is 6.92 Å². The van der Waals surface area contributed by atoms with Gasteiger partial charge in [-0.25, -0.2) is 9.97 Å². The Kier molecular flexibility index (Phi) is 4.33. The van der Waals surface area contributed by atoms with E-state index in [1.807, 2.05) is 24.3 Å². The van der Waals surface area contributed by atoms with Crippen LogP contribution in [0.15, 0.2) is 48.7 Å². The van der Waals surface area contributed by atoms with E-state index in [0.29, 0.717) is 34.3 Å². The minimum Gasteiger partial charge on any atom is -0.497 e. The number of nitrogens with one attached hydrogen (secondary N) is 1. The fraction of sp³-hybridized carbons (Fsp3) is 0.150. The van der Waals surface area contributed by atoms with Gasteiger partial charge in [0.05, 0.1) is 18.4 Å². The first kappa shape index (κ1) is 16.8. The van der Waals surface area contributed by atoms with Crippen LogP contribution in [-0.4, -0.2) is 29.8 Å². The van der Waals surface area contributed by atoms with Gasteiger partial charge in [-0.15, -0.1) is 0 Å². The largest absolute Gasteiger partial charge is 0.497 e. The van der Waals surface area contributed by atoms with Crippen molar-refractivity contribution < 1.29 is 19.0 Å². The van der Waals surface area contributed by atoms with Gasteiger partial charge in [0, 0.05) is 23.5 Å². The van der Waals surface area contributed by atoms with Gasteiger partial charge >= 0.3 is 0 Å². The average Bonchev–Trinajstić information content (AvgIpc) is 3.15. The number of hydrogen-bond acceptors (Lipinski definition) is 6. The van der Waals surface area contributed by atoms with Gasteiger partial charge in [-0.3, -0.25) is 4.79 Å². The molecule has 1 aliphatic rings. The molecule has 7 nitrogen and oxygen atoms in total. The summed E-state index contributed by atoms with van der Waals surface area (Å²) in [4.78, 5) is 21.4. The van der Waals surface area contributed by atoms with E-state index in [9.17, 15) is 4.79 Å². The summed E-state index contributed by atoms with van der Waals surface area (Å²) in [5.41, 5.74) is 2.46. The van der Waals surface area contributed by atoms with Gasteiger partial charge in [0.25, 0.3) is 5.91 Å². The number of methoxy groups -OCH3 is 1. The lowest BCUT2D eigenvalue weighted by molar-refractivity contribution is 0.102. The molecule has 0 radical (unpaired) electrons. The van der Waals surface area contributed by atoms with Gasteiger partial charge in [0.1, 0.15) is 5.75 Å². The van der Waals surface area contributed by atoms with Crippen LogP contribution in [0.2, 0.25) is 0 Å².